The lowest BCUT2D eigenvalue weighted by Gasteiger charge is -2.22. The van der Waals surface area contributed by atoms with Gasteiger partial charge in [-0.25, -0.2) is 4.98 Å². The highest BCUT2D eigenvalue weighted by molar-refractivity contribution is 6.39. The molecule has 0 aromatic carbocycles. The van der Waals surface area contributed by atoms with Gasteiger partial charge < -0.3 is 10.6 Å². The van der Waals surface area contributed by atoms with Crippen molar-refractivity contribution in [1.29, 1.82) is 0 Å². The maximum atomic E-state index is 12.4. The molecule has 2 heterocycles. The van der Waals surface area contributed by atoms with Crippen molar-refractivity contribution in [3.8, 4) is 0 Å². The van der Waals surface area contributed by atoms with E-state index in [0.29, 0.717) is 6.54 Å². The van der Waals surface area contributed by atoms with Crippen LogP contribution in [0.1, 0.15) is 25.5 Å². The molecule has 1 aromatic heterocycles. The molecular weight excluding hydrogens is 325 g/mol. The molecule has 1 aliphatic heterocycles. The van der Waals surface area contributed by atoms with Gasteiger partial charge in [-0.1, -0.05) is 6.92 Å². The largest absolute Gasteiger partial charge is 0.433 e. The zero-order valence-corrected chi connectivity index (χ0v) is 13.2. The number of carbonyl (C=O) groups is 2. The summed E-state index contributed by atoms with van der Waals surface area (Å²) >= 11 is 0. The molecule has 0 bridgehead atoms. The molecule has 24 heavy (non-hydrogen) atoms. The molecule has 0 aliphatic carbocycles. The summed E-state index contributed by atoms with van der Waals surface area (Å²) in [6.45, 7) is 4.25. The molecule has 0 spiro atoms. The van der Waals surface area contributed by atoms with Gasteiger partial charge in [-0.05, 0) is 38.1 Å². The number of halogens is 3. The van der Waals surface area contributed by atoms with Crippen LogP contribution in [0.5, 0.6) is 0 Å². The lowest BCUT2D eigenvalue weighted by molar-refractivity contribution is -0.141. The third-order valence-electron chi connectivity index (χ3n) is 3.92. The molecule has 9 heteroatoms. The van der Waals surface area contributed by atoms with Crippen LogP contribution in [0.2, 0.25) is 0 Å². The van der Waals surface area contributed by atoms with Crippen molar-refractivity contribution in [1.82, 2.24) is 15.2 Å². The molecule has 1 saturated heterocycles. The fourth-order valence-electron chi connectivity index (χ4n) is 2.66. The monoisotopic (exact) mass is 344 g/mol. The number of amides is 2. The van der Waals surface area contributed by atoms with Crippen molar-refractivity contribution >= 4 is 17.5 Å². The minimum atomic E-state index is -4.55. The Bertz CT molecular complexity index is 589. The second kappa shape index (κ2) is 7.61. The number of pyridine rings is 1. The molecule has 1 aromatic rings. The average Bonchev–Trinajstić information content (AvgIpc) is 2.99. The molecule has 1 atom stereocenters. The number of anilines is 1. The first-order valence-electron chi connectivity index (χ1n) is 7.67. The van der Waals surface area contributed by atoms with Gasteiger partial charge in [0.15, 0.2) is 0 Å². The predicted molar refractivity (Wildman–Crippen MR) is 81.1 cm³/mol. The number of hydrogen-bond acceptors (Lipinski definition) is 4. The van der Waals surface area contributed by atoms with Crippen molar-refractivity contribution in [2.45, 2.75) is 32.0 Å². The third kappa shape index (κ3) is 4.67. The molecule has 1 fully saturated rings. The third-order valence-corrected chi connectivity index (χ3v) is 3.92. The van der Waals surface area contributed by atoms with E-state index in [0.717, 1.165) is 44.3 Å². The van der Waals surface area contributed by atoms with Crippen molar-refractivity contribution in [3.63, 3.8) is 0 Å². The average molecular weight is 344 g/mol. The van der Waals surface area contributed by atoms with Gasteiger partial charge in [0.05, 0.1) is 11.9 Å². The van der Waals surface area contributed by atoms with Gasteiger partial charge in [0.2, 0.25) is 0 Å². The van der Waals surface area contributed by atoms with Gasteiger partial charge in [-0.3, -0.25) is 14.5 Å². The molecule has 1 unspecified atom stereocenters. The zero-order chi connectivity index (χ0) is 17.7. The number of likely N-dealkylation sites (N-methyl/N-ethyl adjacent to an activating group) is 1. The Labute approximate surface area is 137 Å². The number of hydrogen-bond donors (Lipinski definition) is 2. The van der Waals surface area contributed by atoms with E-state index in [1.54, 1.807) is 0 Å². The van der Waals surface area contributed by atoms with Gasteiger partial charge >= 0.3 is 18.0 Å². The predicted octanol–water partition coefficient (Wildman–Crippen LogP) is 1.64. The number of likely N-dealkylation sites (tertiary alicyclic amines) is 1. The van der Waals surface area contributed by atoms with Crippen LogP contribution in [0.3, 0.4) is 0 Å². The Morgan fingerprint density at radius 1 is 1.33 bits per heavy atom. The molecule has 132 valence electrons. The van der Waals surface area contributed by atoms with E-state index in [2.05, 4.69) is 20.5 Å². The minimum absolute atomic E-state index is 0.0270. The normalized spacial score (nSPS) is 18.4. The van der Waals surface area contributed by atoms with E-state index in [4.69, 9.17) is 0 Å². The Kier molecular flexibility index (Phi) is 5.76. The highest BCUT2D eigenvalue weighted by Gasteiger charge is 2.32. The van der Waals surface area contributed by atoms with E-state index in [9.17, 15) is 22.8 Å². The van der Waals surface area contributed by atoms with Crippen LogP contribution in [-0.2, 0) is 15.8 Å². The van der Waals surface area contributed by atoms with E-state index >= 15 is 0 Å². The fourth-order valence-corrected chi connectivity index (χ4v) is 2.66. The zero-order valence-electron chi connectivity index (χ0n) is 13.2. The van der Waals surface area contributed by atoms with Gasteiger partial charge in [-0.15, -0.1) is 0 Å². The molecule has 0 saturated carbocycles. The SMILES string of the molecule is CCN1CCCC1CNC(=O)C(=O)Nc1ccc(C(F)(F)F)nc1. The Morgan fingerprint density at radius 3 is 2.67 bits per heavy atom. The van der Waals surface area contributed by atoms with Crippen LogP contribution >= 0.6 is 0 Å². The lowest BCUT2D eigenvalue weighted by atomic mass is 10.2. The van der Waals surface area contributed by atoms with E-state index in [-0.39, 0.29) is 11.7 Å². The fraction of sp³-hybridized carbons (Fsp3) is 0.533. The highest BCUT2D eigenvalue weighted by atomic mass is 19.4. The van der Waals surface area contributed by atoms with Crippen LogP contribution in [0.25, 0.3) is 0 Å². The van der Waals surface area contributed by atoms with Crippen LogP contribution < -0.4 is 10.6 Å². The topological polar surface area (TPSA) is 74.3 Å². The quantitative estimate of drug-likeness (QED) is 0.815. The molecule has 2 N–H and O–H groups in total. The minimum Gasteiger partial charge on any atom is -0.346 e. The number of aromatic nitrogens is 1. The van der Waals surface area contributed by atoms with E-state index < -0.39 is 23.7 Å². The van der Waals surface area contributed by atoms with Gasteiger partial charge in [-0.2, -0.15) is 13.2 Å². The smallest absolute Gasteiger partial charge is 0.346 e. The summed E-state index contributed by atoms with van der Waals surface area (Å²) in [5, 5.41) is 4.78. The number of nitrogens with zero attached hydrogens (tertiary/aromatic N) is 2. The molecule has 2 amide bonds. The Morgan fingerprint density at radius 2 is 2.08 bits per heavy atom. The van der Waals surface area contributed by atoms with Crippen molar-refractivity contribution in [2.75, 3.05) is 25.0 Å². The Hall–Kier alpha value is -2.16. The second-order valence-corrected chi connectivity index (χ2v) is 5.52. The van der Waals surface area contributed by atoms with Crippen LogP contribution in [0.15, 0.2) is 18.3 Å². The summed E-state index contributed by atoms with van der Waals surface area (Å²) in [7, 11) is 0. The summed E-state index contributed by atoms with van der Waals surface area (Å²) in [5.41, 5.74) is -1.04. The molecule has 2 rings (SSSR count). The molecular formula is C15H19F3N4O2. The summed E-state index contributed by atoms with van der Waals surface area (Å²) in [6.07, 6.45) is -1.67. The van der Waals surface area contributed by atoms with Gasteiger partial charge in [0.1, 0.15) is 5.69 Å². The highest BCUT2D eigenvalue weighted by Crippen LogP contribution is 2.27. The lowest BCUT2D eigenvalue weighted by Crippen LogP contribution is -2.43. The summed E-state index contributed by atoms with van der Waals surface area (Å²) < 4.78 is 37.2. The van der Waals surface area contributed by atoms with Gasteiger partial charge in [0, 0.05) is 12.6 Å². The molecule has 1 aliphatic rings. The number of nitrogens with one attached hydrogen (secondary N) is 2. The van der Waals surface area contributed by atoms with Gasteiger partial charge in [0.25, 0.3) is 0 Å². The maximum Gasteiger partial charge on any atom is 0.433 e. The number of rotatable bonds is 4. The summed E-state index contributed by atoms with van der Waals surface area (Å²) in [4.78, 5) is 29.0. The van der Waals surface area contributed by atoms with Crippen molar-refractivity contribution in [2.24, 2.45) is 0 Å². The first-order chi connectivity index (χ1) is 11.3. The van der Waals surface area contributed by atoms with E-state index in [1.807, 2.05) is 6.92 Å². The second-order valence-electron chi connectivity index (χ2n) is 5.52. The van der Waals surface area contributed by atoms with Crippen molar-refractivity contribution in [3.05, 3.63) is 24.0 Å². The molecule has 0 radical (unpaired) electrons. The summed E-state index contributed by atoms with van der Waals surface area (Å²) in [6, 6.07) is 2.00. The Balaban J connectivity index is 1.84. The first-order valence-corrected chi connectivity index (χ1v) is 7.67. The van der Waals surface area contributed by atoms with Crippen molar-refractivity contribution < 1.29 is 22.8 Å². The first kappa shape index (κ1) is 18.2. The number of alkyl halides is 3. The van der Waals surface area contributed by atoms with Crippen LogP contribution in [-0.4, -0.2) is 47.4 Å². The number of carbonyl (C=O) groups excluding carboxylic acids is 2. The van der Waals surface area contributed by atoms with Crippen LogP contribution in [0, 0.1) is 0 Å². The standard InChI is InChI=1S/C15H19F3N4O2/c1-2-22-7-3-4-11(22)9-20-13(23)14(24)21-10-5-6-12(19-8-10)15(16,17)18/h5-6,8,11H,2-4,7,9H2,1H3,(H,20,23)(H,21,24). The maximum absolute atomic E-state index is 12.4. The molecule has 6 nitrogen and oxygen atoms in total. The van der Waals surface area contributed by atoms with Crippen LogP contribution in [0.4, 0.5) is 18.9 Å². The summed E-state index contributed by atoms with van der Waals surface area (Å²) in [5.74, 6) is -1.75. The van der Waals surface area contributed by atoms with E-state index in [1.165, 1.54) is 0 Å².